The summed E-state index contributed by atoms with van der Waals surface area (Å²) in [6.45, 7) is 6.67. The van der Waals surface area contributed by atoms with Crippen molar-refractivity contribution in [1.29, 1.82) is 0 Å². The van der Waals surface area contributed by atoms with E-state index in [1.165, 1.54) is 11.1 Å². The van der Waals surface area contributed by atoms with Crippen molar-refractivity contribution in [3.63, 3.8) is 0 Å². The first-order valence-electron chi connectivity index (χ1n) is 6.03. The smallest absolute Gasteiger partial charge is 0.146 e. The zero-order valence-electron chi connectivity index (χ0n) is 10.7. The van der Waals surface area contributed by atoms with Crippen molar-refractivity contribution < 1.29 is 0 Å². The molecule has 0 aliphatic heterocycles. The van der Waals surface area contributed by atoms with Crippen molar-refractivity contribution in [2.45, 2.75) is 33.5 Å². The molecule has 0 aliphatic rings. The molecular formula is C13H17BrN4. The fourth-order valence-electron chi connectivity index (χ4n) is 1.82. The van der Waals surface area contributed by atoms with Gasteiger partial charge in [0.2, 0.25) is 0 Å². The maximum Gasteiger partial charge on any atom is 0.146 e. The zero-order chi connectivity index (χ0) is 13.0. The van der Waals surface area contributed by atoms with Crippen LogP contribution in [-0.4, -0.2) is 14.8 Å². The Morgan fingerprint density at radius 1 is 1.33 bits per heavy atom. The SMILES string of the molecule is CCn1cnnc1CNCc1ccc(Br)c(C)c1. The van der Waals surface area contributed by atoms with Crippen molar-refractivity contribution in [3.05, 3.63) is 46.0 Å². The van der Waals surface area contributed by atoms with E-state index in [-0.39, 0.29) is 0 Å². The Bertz CT molecular complexity index is 521. The van der Waals surface area contributed by atoms with Crippen LogP contribution in [0.2, 0.25) is 0 Å². The molecule has 0 amide bonds. The average molecular weight is 309 g/mol. The van der Waals surface area contributed by atoms with E-state index in [1.807, 2.05) is 4.57 Å². The van der Waals surface area contributed by atoms with E-state index in [1.54, 1.807) is 6.33 Å². The number of aromatic nitrogens is 3. The molecule has 96 valence electrons. The minimum Gasteiger partial charge on any atom is -0.317 e. The lowest BCUT2D eigenvalue weighted by Crippen LogP contribution is -2.16. The molecule has 1 N–H and O–H groups in total. The summed E-state index contributed by atoms with van der Waals surface area (Å²) in [5.41, 5.74) is 2.53. The average Bonchev–Trinajstić information content (AvgIpc) is 2.81. The largest absolute Gasteiger partial charge is 0.317 e. The van der Waals surface area contributed by atoms with Gasteiger partial charge >= 0.3 is 0 Å². The molecule has 0 atom stereocenters. The molecule has 1 heterocycles. The normalized spacial score (nSPS) is 10.8. The third kappa shape index (κ3) is 3.17. The van der Waals surface area contributed by atoms with Crippen LogP contribution in [0.4, 0.5) is 0 Å². The highest BCUT2D eigenvalue weighted by Crippen LogP contribution is 2.16. The molecule has 5 heteroatoms. The molecule has 1 aromatic carbocycles. The van der Waals surface area contributed by atoms with Gasteiger partial charge in [0.25, 0.3) is 0 Å². The van der Waals surface area contributed by atoms with Gasteiger partial charge in [0.05, 0.1) is 6.54 Å². The molecular weight excluding hydrogens is 292 g/mol. The van der Waals surface area contributed by atoms with Crippen LogP contribution in [0.1, 0.15) is 23.9 Å². The first-order chi connectivity index (χ1) is 8.70. The number of rotatable bonds is 5. The molecule has 0 saturated carbocycles. The standard InChI is InChI=1S/C13H17BrN4/c1-3-18-9-16-17-13(18)8-15-7-11-4-5-12(14)10(2)6-11/h4-6,9,15H,3,7-8H2,1-2H3. The van der Waals surface area contributed by atoms with Crippen LogP contribution >= 0.6 is 15.9 Å². The van der Waals surface area contributed by atoms with Crippen LogP contribution in [0.25, 0.3) is 0 Å². The molecule has 2 aromatic rings. The summed E-state index contributed by atoms with van der Waals surface area (Å²) < 4.78 is 3.19. The van der Waals surface area contributed by atoms with Gasteiger partial charge in [-0.05, 0) is 31.0 Å². The Kier molecular flexibility index (Phi) is 4.49. The van der Waals surface area contributed by atoms with E-state index in [9.17, 15) is 0 Å². The van der Waals surface area contributed by atoms with Crippen LogP contribution < -0.4 is 5.32 Å². The number of aryl methyl sites for hydroxylation is 2. The van der Waals surface area contributed by atoms with Gasteiger partial charge in [-0.2, -0.15) is 0 Å². The molecule has 0 unspecified atom stereocenters. The fourth-order valence-corrected chi connectivity index (χ4v) is 2.06. The highest BCUT2D eigenvalue weighted by atomic mass is 79.9. The van der Waals surface area contributed by atoms with Crippen LogP contribution in [0.5, 0.6) is 0 Å². The Morgan fingerprint density at radius 3 is 2.89 bits per heavy atom. The minimum absolute atomic E-state index is 0.739. The Morgan fingerprint density at radius 2 is 2.17 bits per heavy atom. The minimum atomic E-state index is 0.739. The molecule has 1 aromatic heterocycles. The maximum absolute atomic E-state index is 4.09. The van der Waals surface area contributed by atoms with Crippen molar-refractivity contribution >= 4 is 15.9 Å². The number of nitrogens with zero attached hydrogens (tertiary/aromatic N) is 3. The van der Waals surface area contributed by atoms with Crippen molar-refractivity contribution in [1.82, 2.24) is 20.1 Å². The predicted octanol–water partition coefficient (Wildman–Crippen LogP) is 2.66. The fraction of sp³-hybridized carbons (Fsp3) is 0.385. The number of hydrogen-bond donors (Lipinski definition) is 1. The van der Waals surface area contributed by atoms with Gasteiger partial charge in [-0.3, -0.25) is 0 Å². The van der Waals surface area contributed by atoms with Crippen LogP contribution in [-0.2, 0) is 19.6 Å². The lowest BCUT2D eigenvalue weighted by atomic mass is 10.1. The number of benzene rings is 1. The van der Waals surface area contributed by atoms with Crippen LogP contribution in [0.15, 0.2) is 29.0 Å². The van der Waals surface area contributed by atoms with Crippen molar-refractivity contribution in [2.75, 3.05) is 0 Å². The second-order valence-electron chi connectivity index (χ2n) is 4.22. The summed E-state index contributed by atoms with van der Waals surface area (Å²) in [4.78, 5) is 0. The van der Waals surface area contributed by atoms with Gasteiger partial charge in [0, 0.05) is 17.6 Å². The predicted molar refractivity (Wildman–Crippen MR) is 75.1 cm³/mol. The van der Waals surface area contributed by atoms with Crippen LogP contribution in [0.3, 0.4) is 0 Å². The van der Waals surface area contributed by atoms with Gasteiger partial charge in [-0.25, -0.2) is 0 Å². The quantitative estimate of drug-likeness (QED) is 0.923. The number of nitrogens with one attached hydrogen (secondary N) is 1. The molecule has 0 spiro atoms. The molecule has 0 bridgehead atoms. The summed E-state index contributed by atoms with van der Waals surface area (Å²) in [7, 11) is 0. The highest BCUT2D eigenvalue weighted by molar-refractivity contribution is 9.10. The van der Waals surface area contributed by atoms with E-state index in [0.29, 0.717) is 0 Å². The lowest BCUT2D eigenvalue weighted by molar-refractivity contribution is 0.612. The Labute approximate surface area is 116 Å². The van der Waals surface area contributed by atoms with Gasteiger partial charge in [-0.15, -0.1) is 10.2 Å². The monoisotopic (exact) mass is 308 g/mol. The van der Waals surface area contributed by atoms with E-state index < -0.39 is 0 Å². The van der Waals surface area contributed by atoms with E-state index in [0.717, 1.165) is 29.9 Å². The Balaban J connectivity index is 1.90. The topological polar surface area (TPSA) is 42.7 Å². The molecule has 18 heavy (non-hydrogen) atoms. The second kappa shape index (κ2) is 6.11. The third-order valence-corrected chi connectivity index (χ3v) is 3.76. The Hall–Kier alpha value is -1.20. The first-order valence-corrected chi connectivity index (χ1v) is 6.82. The van der Waals surface area contributed by atoms with Crippen molar-refractivity contribution in [3.8, 4) is 0 Å². The summed E-state index contributed by atoms with van der Waals surface area (Å²) in [5, 5.41) is 11.4. The zero-order valence-corrected chi connectivity index (χ0v) is 12.2. The molecule has 0 saturated heterocycles. The maximum atomic E-state index is 4.09. The summed E-state index contributed by atoms with van der Waals surface area (Å²) >= 11 is 3.51. The first kappa shape index (κ1) is 13.2. The van der Waals surface area contributed by atoms with E-state index in [2.05, 4.69) is 63.5 Å². The molecule has 2 rings (SSSR count). The number of halogens is 1. The molecule has 4 nitrogen and oxygen atoms in total. The van der Waals surface area contributed by atoms with Gasteiger partial charge < -0.3 is 9.88 Å². The van der Waals surface area contributed by atoms with E-state index in [4.69, 9.17) is 0 Å². The third-order valence-electron chi connectivity index (χ3n) is 2.87. The van der Waals surface area contributed by atoms with Crippen LogP contribution in [0, 0.1) is 6.92 Å². The van der Waals surface area contributed by atoms with Gasteiger partial charge in [0.1, 0.15) is 12.2 Å². The van der Waals surface area contributed by atoms with E-state index >= 15 is 0 Å². The second-order valence-corrected chi connectivity index (χ2v) is 5.07. The van der Waals surface area contributed by atoms with Crippen molar-refractivity contribution in [2.24, 2.45) is 0 Å². The lowest BCUT2D eigenvalue weighted by Gasteiger charge is -2.07. The number of hydrogen-bond acceptors (Lipinski definition) is 3. The molecule has 0 radical (unpaired) electrons. The summed E-state index contributed by atoms with van der Waals surface area (Å²) in [6, 6.07) is 6.39. The highest BCUT2D eigenvalue weighted by Gasteiger charge is 2.02. The molecule has 0 fully saturated rings. The summed E-state index contributed by atoms with van der Waals surface area (Å²) in [5.74, 6) is 0.978. The summed E-state index contributed by atoms with van der Waals surface area (Å²) in [6.07, 6.45) is 1.76. The molecule has 0 aliphatic carbocycles. The van der Waals surface area contributed by atoms with Gasteiger partial charge in [0.15, 0.2) is 0 Å². The van der Waals surface area contributed by atoms with Gasteiger partial charge in [-0.1, -0.05) is 28.1 Å².